The maximum atomic E-state index is 6.08. The summed E-state index contributed by atoms with van der Waals surface area (Å²) in [4.78, 5) is 2.48. The van der Waals surface area contributed by atoms with Gasteiger partial charge in [0.15, 0.2) is 0 Å². The number of aryl methyl sites for hydroxylation is 1. The van der Waals surface area contributed by atoms with Crippen LogP contribution in [-0.2, 0) is 6.54 Å². The molecule has 1 saturated heterocycles. The first kappa shape index (κ1) is 15.8. The van der Waals surface area contributed by atoms with E-state index in [9.17, 15) is 0 Å². The summed E-state index contributed by atoms with van der Waals surface area (Å²) < 4.78 is 7.20. The highest BCUT2D eigenvalue weighted by Gasteiger charge is 2.13. The maximum Gasteiger partial charge on any atom is 0.126 e. The minimum absolute atomic E-state index is 0.779. The molecule has 0 radical (unpaired) electrons. The van der Waals surface area contributed by atoms with E-state index in [2.05, 4.69) is 52.1 Å². The van der Waals surface area contributed by atoms with Crippen molar-refractivity contribution < 1.29 is 4.74 Å². The SMILES string of the molecule is CCNCc1cc(Br)cc(C)c1OCCN1CCCC1. The summed E-state index contributed by atoms with van der Waals surface area (Å²) in [5, 5.41) is 3.38. The van der Waals surface area contributed by atoms with E-state index in [0.29, 0.717) is 0 Å². The standard InChI is InChI=1S/C16H25BrN2O/c1-3-18-12-14-11-15(17)10-13(2)16(14)20-9-8-19-6-4-5-7-19/h10-11,18H,3-9,12H2,1-2H3. The van der Waals surface area contributed by atoms with E-state index in [1.807, 2.05) is 0 Å². The van der Waals surface area contributed by atoms with E-state index in [4.69, 9.17) is 4.74 Å². The van der Waals surface area contributed by atoms with Crippen LogP contribution in [-0.4, -0.2) is 37.7 Å². The molecule has 1 N–H and O–H groups in total. The summed E-state index contributed by atoms with van der Waals surface area (Å²) in [7, 11) is 0. The van der Waals surface area contributed by atoms with Crippen molar-refractivity contribution in [1.82, 2.24) is 10.2 Å². The van der Waals surface area contributed by atoms with Gasteiger partial charge in [-0.2, -0.15) is 0 Å². The van der Waals surface area contributed by atoms with E-state index in [1.54, 1.807) is 0 Å². The van der Waals surface area contributed by atoms with Crippen LogP contribution in [0.3, 0.4) is 0 Å². The lowest BCUT2D eigenvalue weighted by atomic mass is 10.1. The van der Waals surface area contributed by atoms with Crippen molar-refractivity contribution in [2.45, 2.75) is 33.2 Å². The first-order valence-electron chi connectivity index (χ1n) is 7.55. The molecule has 3 nitrogen and oxygen atoms in total. The second-order valence-corrected chi connectivity index (χ2v) is 6.30. The lowest BCUT2D eigenvalue weighted by molar-refractivity contribution is 0.235. The number of benzene rings is 1. The number of halogens is 1. The smallest absolute Gasteiger partial charge is 0.126 e. The zero-order valence-corrected chi connectivity index (χ0v) is 14.1. The van der Waals surface area contributed by atoms with Crippen LogP contribution in [0.4, 0.5) is 0 Å². The number of hydrogen-bond acceptors (Lipinski definition) is 3. The van der Waals surface area contributed by atoms with Gasteiger partial charge in [0.1, 0.15) is 12.4 Å². The molecule has 1 aromatic carbocycles. The minimum Gasteiger partial charge on any atom is -0.492 e. The average Bonchev–Trinajstić information content (AvgIpc) is 2.92. The molecule has 1 heterocycles. The zero-order chi connectivity index (χ0) is 14.4. The summed E-state index contributed by atoms with van der Waals surface area (Å²) >= 11 is 3.57. The van der Waals surface area contributed by atoms with Gasteiger partial charge in [-0.15, -0.1) is 0 Å². The molecule has 20 heavy (non-hydrogen) atoms. The van der Waals surface area contributed by atoms with Crippen molar-refractivity contribution in [3.63, 3.8) is 0 Å². The molecular formula is C16H25BrN2O. The van der Waals surface area contributed by atoms with Gasteiger partial charge in [-0.1, -0.05) is 22.9 Å². The molecule has 0 spiro atoms. The van der Waals surface area contributed by atoms with E-state index in [1.165, 1.54) is 37.1 Å². The Kier molecular flexibility index (Phi) is 6.33. The summed E-state index contributed by atoms with van der Waals surface area (Å²) in [6.45, 7) is 10.3. The van der Waals surface area contributed by atoms with Crippen LogP contribution in [0, 0.1) is 6.92 Å². The fourth-order valence-corrected chi connectivity index (χ4v) is 3.30. The van der Waals surface area contributed by atoms with Crippen LogP contribution in [0.2, 0.25) is 0 Å². The van der Waals surface area contributed by atoms with Crippen molar-refractivity contribution in [2.24, 2.45) is 0 Å². The van der Waals surface area contributed by atoms with E-state index >= 15 is 0 Å². The van der Waals surface area contributed by atoms with Crippen LogP contribution in [0.15, 0.2) is 16.6 Å². The number of hydrogen-bond donors (Lipinski definition) is 1. The van der Waals surface area contributed by atoms with Crippen LogP contribution in [0.5, 0.6) is 5.75 Å². The van der Waals surface area contributed by atoms with Gasteiger partial charge in [-0.3, -0.25) is 4.90 Å². The van der Waals surface area contributed by atoms with Crippen LogP contribution >= 0.6 is 15.9 Å². The second-order valence-electron chi connectivity index (χ2n) is 5.39. The monoisotopic (exact) mass is 340 g/mol. The molecule has 2 rings (SSSR count). The molecule has 0 amide bonds. The average molecular weight is 341 g/mol. The zero-order valence-electron chi connectivity index (χ0n) is 12.5. The number of rotatable bonds is 7. The van der Waals surface area contributed by atoms with E-state index in [-0.39, 0.29) is 0 Å². The van der Waals surface area contributed by atoms with Gasteiger partial charge in [-0.25, -0.2) is 0 Å². The van der Waals surface area contributed by atoms with E-state index in [0.717, 1.165) is 36.5 Å². The van der Waals surface area contributed by atoms with Crippen molar-refractivity contribution >= 4 is 15.9 Å². The first-order chi connectivity index (χ1) is 9.70. The Morgan fingerprint density at radius 2 is 2.05 bits per heavy atom. The Bertz CT molecular complexity index is 431. The highest BCUT2D eigenvalue weighted by atomic mass is 79.9. The van der Waals surface area contributed by atoms with Crippen molar-refractivity contribution in [3.05, 3.63) is 27.7 Å². The maximum absolute atomic E-state index is 6.08. The number of nitrogens with zero attached hydrogens (tertiary/aromatic N) is 1. The van der Waals surface area contributed by atoms with Crippen molar-refractivity contribution in [3.8, 4) is 5.75 Å². The first-order valence-corrected chi connectivity index (χ1v) is 8.35. The molecule has 0 bridgehead atoms. The predicted octanol–water partition coefficient (Wildman–Crippen LogP) is 3.34. The predicted molar refractivity (Wildman–Crippen MR) is 87.4 cm³/mol. The number of ether oxygens (including phenoxy) is 1. The molecule has 0 aliphatic carbocycles. The summed E-state index contributed by atoms with van der Waals surface area (Å²) in [5.74, 6) is 1.05. The third kappa shape index (κ3) is 4.47. The van der Waals surface area contributed by atoms with Gasteiger partial charge < -0.3 is 10.1 Å². The molecule has 0 aromatic heterocycles. The highest BCUT2D eigenvalue weighted by molar-refractivity contribution is 9.10. The molecule has 112 valence electrons. The van der Waals surface area contributed by atoms with Crippen LogP contribution < -0.4 is 10.1 Å². The minimum atomic E-state index is 0.779. The highest BCUT2D eigenvalue weighted by Crippen LogP contribution is 2.28. The topological polar surface area (TPSA) is 24.5 Å². The molecule has 1 aliphatic rings. The Morgan fingerprint density at radius 3 is 2.75 bits per heavy atom. The molecule has 0 saturated carbocycles. The Morgan fingerprint density at radius 1 is 1.30 bits per heavy atom. The van der Waals surface area contributed by atoms with Crippen LogP contribution in [0.25, 0.3) is 0 Å². The Labute approximate surface area is 130 Å². The molecule has 0 unspecified atom stereocenters. The fraction of sp³-hybridized carbons (Fsp3) is 0.625. The molecule has 1 fully saturated rings. The molecule has 0 atom stereocenters. The van der Waals surface area contributed by atoms with Crippen LogP contribution in [0.1, 0.15) is 30.9 Å². The lowest BCUT2D eigenvalue weighted by Gasteiger charge is -2.18. The van der Waals surface area contributed by atoms with Gasteiger partial charge in [-0.05, 0) is 57.1 Å². The van der Waals surface area contributed by atoms with Gasteiger partial charge in [0.25, 0.3) is 0 Å². The fourth-order valence-electron chi connectivity index (χ4n) is 2.68. The number of nitrogens with one attached hydrogen (secondary N) is 1. The van der Waals surface area contributed by atoms with Crippen molar-refractivity contribution in [2.75, 3.05) is 32.8 Å². The molecule has 1 aromatic rings. The molecule has 4 heteroatoms. The largest absolute Gasteiger partial charge is 0.492 e. The summed E-state index contributed by atoms with van der Waals surface area (Å²) in [5.41, 5.74) is 2.44. The number of likely N-dealkylation sites (tertiary alicyclic amines) is 1. The second kappa shape index (κ2) is 8.01. The summed E-state index contributed by atoms with van der Waals surface area (Å²) in [6, 6.07) is 4.28. The Balaban J connectivity index is 1.96. The van der Waals surface area contributed by atoms with Gasteiger partial charge in [0.05, 0.1) is 0 Å². The van der Waals surface area contributed by atoms with E-state index < -0.39 is 0 Å². The normalized spacial score (nSPS) is 15.8. The quantitative estimate of drug-likeness (QED) is 0.823. The summed E-state index contributed by atoms with van der Waals surface area (Å²) in [6.07, 6.45) is 2.67. The van der Waals surface area contributed by atoms with Crippen molar-refractivity contribution in [1.29, 1.82) is 0 Å². The molecule has 1 aliphatic heterocycles. The lowest BCUT2D eigenvalue weighted by Crippen LogP contribution is -2.25. The Hall–Kier alpha value is -0.580. The van der Waals surface area contributed by atoms with Gasteiger partial charge in [0, 0.05) is 23.1 Å². The molecular weight excluding hydrogens is 316 g/mol. The van der Waals surface area contributed by atoms with Gasteiger partial charge >= 0.3 is 0 Å². The third-order valence-electron chi connectivity index (χ3n) is 3.73. The van der Waals surface area contributed by atoms with Gasteiger partial charge in [0.2, 0.25) is 0 Å². The third-order valence-corrected chi connectivity index (χ3v) is 4.19.